The highest BCUT2D eigenvalue weighted by atomic mass is 35.5. The van der Waals surface area contributed by atoms with Crippen molar-refractivity contribution in [3.63, 3.8) is 0 Å². The first-order valence-corrected chi connectivity index (χ1v) is 6.52. The summed E-state index contributed by atoms with van der Waals surface area (Å²) in [4.78, 5) is 11.2. The Hall–Kier alpha value is -0.870. The van der Waals surface area contributed by atoms with E-state index in [1.807, 2.05) is 0 Å². The Bertz CT molecular complexity index is 518. The molecule has 0 amide bonds. The Morgan fingerprint density at radius 1 is 1.20 bits per heavy atom. The molecule has 15 heavy (non-hydrogen) atoms. The molecule has 5 heteroatoms. The normalized spacial score (nSPS) is 11.5. The summed E-state index contributed by atoms with van der Waals surface area (Å²) in [6.45, 7) is 3.34. The zero-order chi connectivity index (χ0) is 11.8. The molecule has 0 unspecified atom stereocenters. The Kier molecular flexibility index (Phi) is 3.21. The highest BCUT2D eigenvalue weighted by molar-refractivity contribution is 7.90. The molecule has 1 rings (SSSR count). The Labute approximate surface area is 94.0 Å². The van der Waals surface area contributed by atoms with E-state index in [1.165, 1.54) is 12.1 Å². The van der Waals surface area contributed by atoms with E-state index in [1.54, 1.807) is 13.8 Å². The predicted molar refractivity (Wildman–Crippen MR) is 59.2 cm³/mol. The molecule has 0 radical (unpaired) electrons. The van der Waals surface area contributed by atoms with Crippen LogP contribution in [-0.2, 0) is 9.84 Å². The number of halogens is 1. The number of carbonyl (C=O) groups excluding carboxylic acids is 1. The lowest BCUT2D eigenvalue weighted by Gasteiger charge is -2.09. The van der Waals surface area contributed by atoms with Gasteiger partial charge in [0.15, 0.2) is 9.84 Å². The summed E-state index contributed by atoms with van der Waals surface area (Å²) in [7, 11) is -3.25. The molecule has 0 aliphatic heterocycles. The second-order valence-electron chi connectivity index (χ2n) is 3.41. The van der Waals surface area contributed by atoms with E-state index in [-0.39, 0.29) is 4.90 Å². The summed E-state index contributed by atoms with van der Waals surface area (Å²) in [5.41, 5.74) is 1.53. The smallest absolute Gasteiger partial charge is 0.252 e. The lowest BCUT2D eigenvalue weighted by atomic mass is 10.0. The van der Waals surface area contributed by atoms with E-state index >= 15 is 0 Å². The summed E-state index contributed by atoms with van der Waals surface area (Å²) >= 11 is 5.36. The van der Waals surface area contributed by atoms with Crippen LogP contribution in [0.25, 0.3) is 0 Å². The van der Waals surface area contributed by atoms with Crippen molar-refractivity contribution >= 4 is 26.7 Å². The molecule has 3 nitrogen and oxygen atoms in total. The van der Waals surface area contributed by atoms with Crippen LogP contribution >= 0.6 is 11.6 Å². The number of hydrogen-bond donors (Lipinski definition) is 0. The second kappa shape index (κ2) is 3.94. The maximum atomic E-state index is 11.4. The van der Waals surface area contributed by atoms with Crippen molar-refractivity contribution in [2.75, 3.05) is 6.26 Å². The van der Waals surface area contributed by atoms with E-state index in [9.17, 15) is 13.2 Å². The zero-order valence-corrected chi connectivity index (χ0v) is 10.2. The third-order valence-electron chi connectivity index (χ3n) is 2.35. The van der Waals surface area contributed by atoms with Gasteiger partial charge in [-0.15, -0.1) is 0 Å². The quantitative estimate of drug-likeness (QED) is 0.751. The largest absolute Gasteiger partial charge is 0.276 e. The maximum Gasteiger partial charge on any atom is 0.252 e. The van der Waals surface area contributed by atoms with Crippen molar-refractivity contribution < 1.29 is 13.2 Å². The summed E-state index contributed by atoms with van der Waals surface area (Å²) in [5.74, 6) is 0. The average molecular weight is 247 g/mol. The van der Waals surface area contributed by atoms with E-state index in [4.69, 9.17) is 11.6 Å². The fourth-order valence-corrected chi connectivity index (χ4v) is 2.64. The van der Waals surface area contributed by atoms with Crippen LogP contribution < -0.4 is 0 Å². The Morgan fingerprint density at radius 3 is 2.13 bits per heavy atom. The molecule has 0 saturated carbocycles. The van der Waals surface area contributed by atoms with Gasteiger partial charge in [-0.25, -0.2) is 8.42 Å². The minimum Gasteiger partial charge on any atom is -0.276 e. The van der Waals surface area contributed by atoms with Crippen molar-refractivity contribution in [3.8, 4) is 0 Å². The number of benzene rings is 1. The zero-order valence-electron chi connectivity index (χ0n) is 8.67. The molecule has 0 aliphatic rings. The molecule has 0 heterocycles. The van der Waals surface area contributed by atoms with Crippen LogP contribution in [-0.4, -0.2) is 19.9 Å². The van der Waals surface area contributed by atoms with Crippen LogP contribution in [0, 0.1) is 13.8 Å². The first-order chi connectivity index (χ1) is 6.75. The summed E-state index contributed by atoms with van der Waals surface area (Å²) in [6, 6.07) is 2.85. The molecule has 0 bridgehead atoms. The van der Waals surface area contributed by atoms with Gasteiger partial charge in [0.2, 0.25) is 0 Å². The average Bonchev–Trinajstić information content (AvgIpc) is 2.06. The Balaban J connectivity index is 3.55. The van der Waals surface area contributed by atoms with Crippen molar-refractivity contribution in [2.45, 2.75) is 18.7 Å². The third kappa shape index (κ3) is 2.38. The van der Waals surface area contributed by atoms with Crippen LogP contribution in [0.5, 0.6) is 0 Å². The molecule has 0 atom stereocenters. The second-order valence-corrected chi connectivity index (χ2v) is 5.73. The van der Waals surface area contributed by atoms with Gasteiger partial charge in [-0.3, -0.25) is 4.79 Å². The molecular formula is C10H11ClO3S. The number of carbonyl (C=O) groups is 1. The standard InChI is InChI=1S/C10H11ClO3S/c1-6-7(2)9(15(3,13)14)5-4-8(6)10(11)12/h4-5H,1-3H3. The molecule has 0 spiro atoms. The topological polar surface area (TPSA) is 51.2 Å². The number of sulfone groups is 1. The molecule has 0 fully saturated rings. The van der Waals surface area contributed by atoms with Crippen LogP contribution in [0.2, 0.25) is 0 Å². The molecule has 0 N–H and O–H groups in total. The highest BCUT2D eigenvalue weighted by Crippen LogP contribution is 2.22. The van der Waals surface area contributed by atoms with Crippen molar-refractivity contribution in [3.05, 3.63) is 28.8 Å². The SMILES string of the molecule is Cc1c(C(=O)Cl)ccc(S(C)(=O)=O)c1C. The lowest BCUT2D eigenvalue weighted by molar-refractivity contribution is 0.108. The van der Waals surface area contributed by atoms with Crippen LogP contribution in [0.15, 0.2) is 17.0 Å². The van der Waals surface area contributed by atoms with E-state index in [0.717, 1.165) is 6.26 Å². The maximum absolute atomic E-state index is 11.4. The Morgan fingerprint density at radius 2 is 1.73 bits per heavy atom. The van der Waals surface area contributed by atoms with Gasteiger partial charge in [0, 0.05) is 11.8 Å². The fourth-order valence-electron chi connectivity index (χ4n) is 1.41. The van der Waals surface area contributed by atoms with Crippen LogP contribution in [0.3, 0.4) is 0 Å². The molecule has 1 aromatic rings. The minimum atomic E-state index is -3.25. The van der Waals surface area contributed by atoms with E-state index < -0.39 is 15.1 Å². The lowest BCUT2D eigenvalue weighted by Crippen LogP contribution is -2.04. The van der Waals surface area contributed by atoms with Gasteiger partial charge in [0.1, 0.15) is 0 Å². The van der Waals surface area contributed by atoms with Gasteiger partial charge in [-0.1, -0.05) is 0 Å². The molecule has 0 aliphatic carbocycles. The summed E-state index contributed by atoms with van der Waals surface area (Å²) in [5, 5.41) is -0.573. The molecular weight excluding hydrogens is 236 g/mol. The van der Waals surface area contributed by atoms with Crippen LogP contribution in [0.4, 0.5) is 0 Å². The highest BCUT2D eigenvalue weighted by Gasteiger charge is 2.16. The molecule has 0 aromatic heterocycles. The monoisotopic (exact) mass is 246 g/mol. The number of hydrogen-bond acceptors (Lipinski definition) is 3. The first-order valence-electron chi connectivity index (χ1n) is 4.25. The van der Waals surface area contributed by atoms with Gasteiger partial charge in [0.05, 0.1) is 4.90 Å². The van der Waals surface area contributed by atoms with E-state index in [0.29, 0.717) is 16.7 Å². The van der Waals surface area contributed by atoms with Gasteiger partial charge in [-0.2, -0.15) is 0 Å². The van der Waals surface area contributed by atoms with Crippen molar-refractivity contribution in [1.29, 1.82) is 0 Å². The fraction of sp³-hybridized carbons (Fsp3) is 0.300. The van der Waals surface area contributed by atoms with Crippen LogP contribution in [0.1, 0.15) is 21.5 Å². The third-order valence-corrected chi connectivity index (χ3v) is 3.79. The molecule has 0 saturated heterocycles. The van der Waals surface area contributed by atoms with Crippen molar-refractivity contribution in [1.82, 2.24) is 0 Å². The van der Waals surface area contributed by atoms with Gasteiger partial charge >= 0.3 is 0 Å². The van der Waals surface area contributed by atoms with Gasteiger partial charge < -0.3 is 0 Å². The van der Waals surface area contributed by atoms with Crippen molar-refractivity contribution in [2.24, 2.45) is 0 Å². The first kappa shape index (κ1) is 12.2. The van der Waals surface area contributed by atoms with Gasteiger partial charge in [0.25, 0.3) is 5.24 Å². The molecule has 1 aromatic carbocycles. The van der Waals surface area contributed by atoms with E-state index in [2.05, 4.69) is 0 Å². The summed E-state index contributed by atoms with van der Waals surface area (Å²) < 4.78 is 22.7. The predicted octanol–water partition coefficient (Wildman–Crippen LogP) is 2.09. The molecule has 82 valence electrons. The summed E-state index contributed by atoms with van der Waals surface area (Å²) in [6.07, 6.45) is 1.14. The van der Waals surface area contributed by atoms with Gasteiger partial charge in [-0.05, 0) is 48.7 Å². The number of rotatable bonds is 2. The minimum absolute atomic E-state index is 0.238.